The molecule has 1 heterocycles. The molecule has 4 nitrogen and oxygen atoms in total. The fourth-order valence-corrected chi connectivity index (χ4v) is 4.66. The van der Waals surface area contributed by atoms with Crippen LogP contribution in [0.4, 0.5) is 18.9 Å². The van der Waals surface area contributed by atoms with Crippen LogP contribution in [0, 0.1) is 17.8 Å². The van der Waals surface area contributed by atoms with Gasteiger partial charge in [-0.05, 0) is 51.3 Å². The number of aryl methyl sites for hydroxylation is 1. The average molecular weight is 430 g/mol. The molecule has 0 saturated heterocycles. The second kappa shape index (κ2) is 7.39. The Labute approximate surface area is 179 Å². The Morgan fingerprint density at radius 1 is 1.10 bits per heavy atom. The molecule has 7 heteroatoms. The van der Waals surface area contributed by atoms with E-state index in [1.165, 1.54) is 0 Å². The first-order valence-corrected chi connectivity index (χ1v) is 10.3. The molecular formula is C24H25F3N2O2. The van der Waals surface area contributed by atoms with Gasteiger partial charge in [0.2, 0.25) is 0 Å². The van der Waals surface area contributed by atoms with Gasteiger partial charge in [0.05, 0.1) is 22.9 Å². The first-order chi connectivity index (χ1) is 14.6. The van der Waals surface area contributed by atoms with Gasteiger partial charge in [-0.2, -0.15) is 18.3 Å². The minimum absolute atomic E-state index is 0.414. The van der Waals surface area contributed by atoms with E-state index in [4.69, 9.17) is 9.84 Å². The number of nitrogens with zero attached hydrogens (tertiary/aromatic N) is 2. The lowest BCUT2D eigenvalue weighted by atomic mass is 9.72. The molecule has 0 radical (unpaired) electrons. The zero-order valence-corrected chi connectivity index (χ0v) is 17.7. The molecule has 2 aromatic rings. The summed E-state index contributed by atoms with van der Waals surface area (Å²) in [5.41, 5.74) is 2.12. The zero-order chi connectivity index (χ0) is 22.4. The van der Waals surface area contributed by atoms with Crippen LogP contribution in [0.15, 0.2) is 59.7 Å². The maximum atomic E-state index is 12.9. The summed E-state index contributed by atoms with van der Waals surface area (Å²) < 4.78 is 42.8. The summed E-state index contributed by atoms with van der Waals surface area (Å²) in [6, 6.07) is 16.9. The summed E-state index contributed by atoms with van der Waals surface area (Å²) in [4.78, 5) is 12.9. The average Bonchev–Trinajstić information content (AvgIpc) is 3.42. The van der Waals surface area contributed by atoms with Gasteiger partial charge in [0.15, 0.2) is 6.61 Å². The number of hydrogen-bond acceptors (Lipinski definition) is 4. The molecule has 4 rings (SSSR count). The molecule has 164 valence electrons. The van der Waals surface area contributed by atoms with Crippen molar-refractivity contribution in [2.75, 3.05) is 11.6 Å². The van der Waals surface area contributed by atoms with Crippen LogP contribution in [0.2, 0.25) is 0 Å². The van der Waals surface area contributed by atoms with Crippen molar-refractivity contribution < 1.29 is 22.7 Å². The van der Waals surface area contributed by atoms with Crippen molar-refractivity contribution in [2.45, 2.75) is 45.8 Å². The number of alkyl halides is 3. The van der Waals surface area contributed by atoms with Crippen LogP contribution in [-0.4, -0.2) is 30.5 Å². The molecule has 0 N–H and O–H groups in total. The van der Waals surface area contributed by atoms with Crippen molar-refractivity contribution in [3.05, 3.63) is 65.7 Å². The van der Waals surface area contributed by atoms with E-state index in [1.54, 1.807) is 13.8 Å². The van der Waals surface area contributed by atoms with Crippen LogP contribution in [0.3, 0.4) is 0 Å². The molecule has 1 aliphatic carbocycles. The molecule has 1 fully saturated rings. The van der Waals surface area contributed by atoms with E-state index in [0.717, 1.165) is 35.4 Å². The Balaban J connectivity index is 1.77. The first-order valence-electron chi connectivity index (χ1n) is 10.3. The Morgan fingerprint density at radius 2 is 1.71 bits per heavy atom. The second-order valence-corrected chi connectivity index (χ2v) is 8.92. The predicted octanol–water partition coefficient (Wildman–Crippen LogP) is 5.50. The third kappa shape index (κ3) is 3.82. The molecular weight excluding hydrogens is 405 g/mol. The fourth-order valence-electron chi connectivity index (χ4n) is 4.66. The molecule has 2 aliphatic rings. The number of carbonyl (C=O) groups is 1. The maximum Gasteiger partial charge on any atom is 0.422 e. The van der Waals surface area contributed by atoms with Crippen molar-refractivity contribution in [1.29, 1.82) is 0 Å². The van der Waals surface area contributed by atoms with E-state index < -0.39 is 35.6 Å². The summed E-state index contributed by atoms with van der Waals surface area (Å²) in [6.07, 6.45) is -2.95. The number of esters is 1. The lowest BCUT2D eigenvalue weighted by molar-refractivity contribution is -0.193. The topological polar surface area (TPSA) is 41.9 Å². The van der Waals surface area contributed by atoms with Gasteiger partial charge in [-0.15, -0.1) is 0 Å². The molecule has 1 unspecified atom stereocenters. The lowest BCUT2D eigenvalue weighted by Gasteiger charge is -2.39. The van der Waals surface area contributed by atoms with Gasteiger partial charge in [0, 0.05) is 11.0 Å². The highest BCUT2D eigenvalue weighted by Crippen LogP contribution is 2.61. The van der Waals surface area contributed by atoms with Crippen molar-refractivity contribution >= 4 is 17.4 Å². The molecule has 31 heavy (non-hydrogen) atoms. The SMILES string of the molecule is Cc1ccccc1C1=NN(c2ccccc2)C(C(C)(C)C(=O)OCC(F)(F)F)C12CC2. The number of para-hydroxylation sites is 1. The van der Waals surface area contributed by atoms with E-state index in [1.807, 2.05) is 66.5 Å². The quantitative estimate of drug-likeness (QED) is 0.589. The van der Waals surface area contributed by atoms with Crippen LogP contribution in [0.5, 0.6) is 0 Å². The summed E-state index contributed by atoms with van der Waals surface area (Å²) >= 11 is 0. The van der Waals surface area contributed by atoms with E-state index in [-0.39, 0.29) is 0 Å². The molecule has 0 bridgehead atoms. The number of hydrazone groups is 1. The highest BCUT2D eigenvalue weighted by atomic mass is 19.4. The van der Waals surface area contributed by atoms with E-state index in [0.29, 0.717) is 0 Å². The van der Waals surface area contributed by atoms with Gasteiger partial charge in [-0.25, -0.2) is 0 Å². The fraction of sp³-hybridized carbons (Fsp3) is 0.417. The molecule has 1 saturated carbocycles. The molecule has 2 aromatic carbocycles. The summed E-state index contributed by atoms with van der Waals surface area (Å²) in [5.74, 6) is -0.872. The number of rotatable bonds is 5. The van der Waals surface area contributed by atoms with E-state index in [2.05, 4.69) is 0 Å². The minimum Gasteiger partial charge on any atom is -0.456 e. The number of ether oxygens (including phenoxy) is 1. The molecule has 0 aromatic heterocycles. The van der Waals surface area contributed by atoms with Gasteiger partial charge >= 0.3 is 12.1 Å². The van der Waals surface area contributed by atoms with Gasteiger partial charge in [0.25, 0.3) is 0 Å². The zero-order valence-electron chi connectivity index (χ0n) is 17.7. The van der Waals surface area contributed by atoms with Crippen LogP contribution in [0.25, 0.3) is 0 Å². The Morgan fingerprint density at radius 3 is 2.29 bits per heavy atom. The number of hydrogen-bond donors (Lipinski definition) is 0. The predicted molar refractivity (Wildman–Crippen MR) is 113 cm³/mol. The smallest absolute Gasteiger partial charge is 0.422 e. The largest absolute Gasteiger partial charge is 0.456 e. The van der Waals surface area contributed by atoms with Gasteiger partial charge in [-0.1, -0.05) is 42.5 Å². The third-order valence-electron chi connectivity index (χ3n) is 6.23. The molecule has 1 atom stereocenters. The Bertz CT molecular complexity index is 1010. The maximum absolute atomic E-state index is 12.9. The van der Waals surface area contributed by atoms with Crippen LogP contribution >= 0.6 is 0 Å². The Kier molecular flexibility index (Phi) is 5.10. The minimum atomic E-state index is -4.57. The lowest BCUT2D eigenvalue weighted by Crippen LogP contribution is -2.51. The summed E-state index contributed by atoms with van der Waals surface area (Å²) in [5, 5.41) is 6.77. The van der Waals surface area contributed by atoms with E-state index in [9.17, 15) is 18.0 Å². The van der Waals surface area contributed by atoms with Gasteiger partial charge < -0.3 is 4.74 Å². The van der Waals surface area contributed by atoms with Gasteiger partial charge in [-0.3, -0.25) is 9.80 Å². The monoisotopic (exact) mass is 430 g/mol. The van der Waals surface area contributed by atoms with Crippen molar-refractivity contribution in [3.63, 3.8) is 0 Å². The Hall–Kier alpha value is -2.83. The molecule has 1 spiro atoms. The highest BCUT2D eigenvalue weighted by Gasteiger charge is 2.66. The number of halogens is 3. The second-order valence-electron chi connectivity index (χ2n) is 8.92. The number of benzene rings is 2. The normalized spacial score (nSPS) is 20.0. The van der Waals surface area contributed by atoms with Crippen LogP contribution in [0.1, 0.15) is 37.8 Å². The van der Waals surface area contributed by atoms with Crippen LogP contribution < -0.4 is 5.01 Å². The standard InChI is InChI=1S/C24H25F3N2O2/c1-16-9-7-8-12-18(16)19-23(13-14-23)20(29(28-19)17-10-5-4-6-11-17)22(2,3)21(30)31-15-24(25,26)27/h4-12,20H,13-15H2,1-3H3. The molecule has 1 aliphatic heterocycles. The highest BCUT2D eigenvalue weighted by molar-refractivity contribution is 6.10. The van der Waals surface area contributed by atoms with Gasteiger partial charge in [0.1, 0.15) is 0 Å². The summed E-state index contributed by atoms with van der Waals surface area (Å²) in [7, 11) is 0. The van der Waals surface area contributed by atoms with Crippen molar-refractivity contribution in [1.82, 2.24) is 0 Å². The molecule has 0 amide bonds. The first kappa shape index (κ1) is 21.4. The summed E-state index contributed by atoms with van der Waals surface area (Å²) in [6.45, 7) is 3.73. The van der Waals surface area contributed by atoms with E-state index >= 15 is 0 Å². The van der Waals surface area contributed by atoms with Crippen LogP contribution in [-0.2, 0) is 9.53 Å². The number of carbonyl (C=O) groups excluding carboxylic acids is 1. The third-order valence-corrected chi connectivity index (χ3v) is 6.23. The number of anilines is 1. The van der Waals surface area contributed by atoms with Crippen molar-refractivity contribution in [2.24, 2.45) is 15.9 Å². The van der Waals surface area contributed by atoms with Crippen molar-refractivity contribution in [3.8, 4) is 0 Å².